The average molecular weight is 253 g/mol. The Morgan fingerprint density at radius 1 is 1.53 bits per heavy atom. The average Bonchev–Trinajstić information content (AvgIpc) is 3.10. The van der Waals surface area contributed by atoms with E-state index in [2.05, 4.69) is 9.08 Å². The summed E-state index contributed by atoms with van der Waals surface area (Å²) < 4.78 is 20.3. The summed E-state index contributed by atoms with van der Waals surface area (Å²) in [5.41, 5.74) is 6.36. The van der Waals surface area contributed by atoms with E-state index in [0.29, 0.717) is 23.2 Å². The first-order valence-corrected chi connectivity index (χ1v) is 7.51. The Balaban J connectivity index is 2.34. The van der Waals surface area contributed by atoms with Gasteiger partial charge in [-0.05, 0) is 37.5 Å². The standard InChI is InChI=1S/C12H19N3OS/c1-2-8-14-17(16,15-11-6-7-11)12-5-3-4-10(13)9-12/h3-5,9,11H,2,6-8,13H2,1H3,(H,14,15,16). The monoisotopic (exact) mass is 253 g/mol. The third-order valence-electron chi connectivity index (χ3n) is 2.58. The molecule has 1 saturated carbocycles. The highest BCUT2D eigenvalue weighted by Gasteiger charge is 2.26. The van der Waals surface area contributed by atoms with Crippen molar-refractivity contribution < 1.29 is 4.21 Å². The van der Waals surface area contributed by atoms with Gasteiger partial charge in [-0.15, -0.1) is 0 Å². The summed E-state index contributed by atoms with van der Waals surface area (Å²) in [6, 6.07) is 7.54. The second kappa shape index (κ2) is 5.06. The van der Waals surface area contributed by atoms with Gasteiger partial charge >= 0.3 is 0 Å². The summed E-state index contributed by atoms with van der Waals surface area (Å²) in [4.78, 5) is 0.692. The number of nitrogens with one attached hydrogen (secondary N) is 1. The van der Waals surface area contributed by atoms with Crippen molar-refractivity contribution in [3.05, 3.63) is 24.3 Å². The van der Waals surface area contributed by atoms with Crippen LogP contribution in [0.1, 0.15) is 26.2 Å². The van der Waals surface area contributed by atoms with Gasteiger partial charge in [-0.25, -0.2) is 13.3 Å². The molecule has 1 unspecified atom stereocenters. The van der Waals surface area contributed by atoms with Gasteiger partial charge in [0.25, 0.3) is 0 Å². The molecule has 1 fully saturated rings. The summed E-state index contributed by atoms with van der Waals surface area (Å²) in [5, 5.41) is 0. The number of rotatable bonds is 5. The van der Waals surface area contributed by atoms with Crippen LogP contribution >= 0.6 is 0 Å². The van der Waals surface area contributed by atoms with Crippen molar-refractivity contribution in [3.8, 4) is 0 Å². The van der Waals surface area contributed by atoms with Crippen LogP contribution in [0.5, 0.6) is 0 Å². The highest BCUT2D eigenvalue weighted by molar-refractivity contribution is 7.91. The minimum absolute atomic E-state index is 0.351. The Labute approximate surface area is 103 Å². The van der Waals surface area contributed by atoms with Gasteiger partial charge in [0.1, 0.15) is 9.92 Å². The van der Waals surface area contributed by atoms with Crippen molar-refractivity contribution in [2.24, 2.45) is 4.36 Å². The van der Waals surface area contributed by atoms with Crippen LogP contribution in [-0.2, 0) is 9.92 Å². The number of hydrogen-bond acceptors (Lipinski definition) is 3. The first-order chi connectivity index (χ1) is 8.14. The number of nitrogens with two attached hydrogens (primary N) is 1. The van der Waals surface area contributed by atoms with Crippen LogP contribution in [0.2, 0.25) is 0 Å². The Morgan fingerprint density at radius 2 is 2.29 bits per heavy atom. The smallest absolute Gasteiger partial charge is 0.137 e. The summed E-state index contributed by atoms with van der Waals surface area (Å²) >= 11 is 0. The molecular formula is C12H19N3OS. The third kappa shape index (κ3) is 3.20. The maximum absolute atomic E-state index is 12.8. The molecule has 0 heterocycles. The van der Waals surface area contributed by atoms with Gasteiger partial charge in [-0.3, -0.25) is 0 Å². The van der Waals surface area contributed by atoms with Crippen LogP contribution in [0, 0.1) is 0 Å². The van der Waals surface area contributed by atoms with E-state index in [9.17, 15) is 4.21 Å². The molecule has 94 valence electrons. The molecule has 3 N–H and O–H groups in total. The largest absolute Gasteiger partial charge is 0.399 e. The molecule has 0 spiro atoms. The molecule has 0 radical (unpaired) electrons. The molecule has 0 aliphatic heterocycles. The van der Waals surface area contributed by atoms with E-state index in [1.165, 1.54) is 0 Å². The quantitative estimate of drug-likeness (QED) is 0.790. The lowest BCUT2D eigenvalue weighted by Gasteiger charge is -2.12. The molecule has 0 aromatic heterocycles. The Bertz CT molecular complexity index is 502. The van der Waals surface area contributed by atoms with Crippen LogP contribution in [0.4, 0.5) is 5.69 Å². The predicted octanol–water partition coefficient (Wildman–Crippen LogP) is 2.17. The minimum atomic E-state index is -2.49. The molecule has 4 nitrogen and oxygen atoms in total. The molecule has 1 atom stereocenters. The zero-order valence-electron chi connectivity index (χ0n) is 10.1. The van der Waals surface area contributed by atoms with Gasteiger partial charge in [0.15, 0.2) is 0 Å². The summed E-state index contributed by atoms with van der Waals surface area (Å²) in [5.74, 6) is 0. The zero-order chi connectivity index (χ0) is 12.3. The topological polar surface area (TPSA) is 67.5 Å². The van der Waals surface area contributed by atoms with E-state index in [1.807, 2.05) is 19.1 Å². The van der Waals surface area contributed by atoms with E-state index < -0.39 is 9.92 Å². The van der Waals surface area contributed by atoms with Crippen LogP contribution in [0.25, 0.3) is 0 Å². The Morgan fingerprint density at radius 3 is 2.88 bits per heavy atom. The highest BCUT2D eigenvalue weighted by atomic mass is 32.2. The first kappa shape index (κ1) is 12.4. The van der Waals surface area contributed by atoms with Gasteiger partial charge in [0, 0.05) is 18.3 Å². The normalized spacial score (nSPS) is 18.6. The number of nitrogen functional groups attached to an aromatic ring is 1. The Kier molecular flexibility index (Phi) is 3.69. The van der Waals surface area contributed by atoms with Crippen molar-refractivity contribution in [3.63, 3.8) is 0 Å². The zero-order valence-corrected chi connectivity index (χ0v) is 10.9. The lowest BCUT2D eigenvalue weighted by molar-refractivity contribution is 0.660. The van der Waals surface area contributed by atoms with Crippen molar-refractivity contribution in [1.82, 2.24) is 4.72 Å². The van der Waals surface area contributed by atoms with Crippen LogP contribution in [0.15, 0.2) is 33.5 Å². The Hall–Kier alpha value is -1.07. The number of benzene rings is 1. The fourth-order valence-corrected chi connectivity index (χ4v) is 3.56. The van der Waals surface area contributed by atoms with Crippen molar-refractivity contribution in [1.29, 1.82) is 0 Å². The van der Waals surface area contributed by atoms with Gasteiger partial charge in [-0.1, -0.05) is 13.0 Å². The highest BCUT2D eigenvalue weighted by Crippen LogP contribution is 2.24. The SMILES string of the molecule is CCCN=S(=O)(NC1CC1)c1cccc(N)c1. The maximum atomic E-state index is 12.8. The van der Waals surface area contributed by atoms with E-state index >= 15 is 0 Å². The first-order valence-electron chi connectivity index (χ1n) is 6.00. The van der Waals surface area contributed by atoms with Crippen molar-refractivity contribution >= 4 is 15.6 Å². The molecular weight excluding hydrogens is 234 g/mol. The number of anilines is 1. The summed E-state index contributed by atoms with van der Waals surface area (Å²) in [6.45, 7) is 2.63. The molecule has 5 heteroatoms. The lowest BCUT2D eigenvalue weighted by Crippen LogP contribution is -2.26. The molecule has 0 amide bonds. The predicted molar refractivity (Wildman–Crippen MR) is 71.0 cm³/mol. The van der Waals surface area contributed by atoms with Gasteiger partial charge < -0.3 is 5.73 Å². The molecule has 17 heavy (non-hydrogen) atoms. The van der Waals surface area contributed by atoms with Crippen molar-refractivity contribution in [2.75, 3.05) is 12.3 Å². The van der Waals surface area contributed by atoms with E-state index in [-0.39, 0.29) is 0 Å². The molecule has 1 aromatic rings. The summed E-state index contributed by atoms with van der Waals surface area (Å²) in [7, 11) is -2.49. The second-order valence-corrected chi connectivity index (χ2v) is 6.36. The molecule has 0 saturated heterocycles. The van der Waals surface area contributed by atoms with Gasteiger partial charge in [-0.2, -0.15) is 0 Å². The number of hydrogen-bond donors (Lipinski definition) is 2. The lowest BCUT2D eigenvalue weighted by atomic mass is 10.3. The maximum Gasteiger partial charge on any atom is 0.137 e. The van der Waals surface area contributed by atoms with Crippen LogP contribution in [-0.4, -0.2) is 16.8 Å². The third-order valence-corrected chi connectivity index (χ3v) is 4.67. The van der Waals surface area contributed by atoms with Crippen LogP contribution in [0.3, 0.4) is 0 Å². The van der Waals surface area contributed by atoms with Crippen molar-refractivity contribution in [2.45, 2.75) is 37.1 Å². The fraction of sp³-hybridized carbons (Fsp3) is 0.500. The minimum Gasteiger partial charge on any atom is -0.399 e. The fourth-order valence-electron chi connectivity index (χ4n) is 1.51. The number of nitrogens with zero attached hydrogens (tertiary/aromatic N) is 1. The molecule has 0 bridgehead atoms. The van der Waals surface area contributed by atoms with Gasteiger partial charge in [0.2, 0.25) is 0 Å². The molecule has 1 aliphatic rings. The van der Waals surface area contributed by atoms with E-state index in [4.69, 9.17) is 5.73 Å². The summed E-state index contributed by atoms with van der Waals surface area (Å²) in [6.07, 6.45) is 3.06. The van der Waals surface area contributed by atoms with E-state index in [0.717, 1.165) is 19.3 Å². The molecule has 1 aliphatic carbocycles. The molecule has 1 aromatic carbocycles. The molecule has 2 rings (SSSR count). The second-order valence-electron chi connectivity index (χ2n) is 4.34. The van der Waals surface area contributed by atoms with Crippen LogP contribution < -0.4 is 10.5 Å². The van der Waals surface area contributed by atoms with Gasteiger partial charge in [0.05, 0.1) is 4.90 Å². The van der Waals surface area contributed by atoms with E-state index in [1.54, 1.807) is 12.1 Å².